The molecule has 0 amide bonds. The fourth-order valence-corrected chi connectivity index (χ4v) is 11.3. The summed E-state index contributed by atoms with van der Waals surface area (Å²) in [5, 5.41) is 0. The van der Waals surface area contributed by atoms with E-state index < -0.39 is 0 Å². The van der Waals surface area contributed by atoms with Crippen LogP contribution in [0.3, 0.4) is 0 Å². The Labute approximate surface area is 220 Å². The predicted molar refractivity (Wildman–Crippen MR) is 145 cm³/mol. The number of ketones is 1. The molecule has 5 rings (SSSR count). The van der Waals surface area contributed by atoms with Crippen LogP contribution < -0.4 is 0 Å². The Balaban J connectivity index is 1.54. The number of rotatable bonds is 2. The summed E-state index contributed by atoms with van der Waals surface area (Å²) in [5.74, 6) is 2.07. The highest BCUT2D eigenvalue weighted by Crippen LogP contribution is 2.76. The maximum Gasteiger partial charge on any atom is 0.302 e. The summed E-state index contributed by atoms with van der Waals surface area (Å²) in [6, 6.07) is 0. The normalized spacial score (nSPS) is 48.9. The smallest absolute Gasteiger partial charge is 0.302 e. The Morgan fingerprint density at radius 3 is 2.06 bits per heavy atom. The number of Topliss-reactive ketones (excluding diaryl/α,β-unsaturated/α-hetero) is 1. The largest absolute Gasteiger partial charge is 0.462 e. The maximum atomic E-state index is 13.2. The lowest BCUT2D eigenvalue weighted by Gasteiger charge is -2.72. The molecule has 202 valence electrons. The molecule has 3 heteroatoms. The molecule has 0 aromatic heterocycles. The van der Waals surface area contributed by atoms with Crippen LogP contribution in [0.4, 0.5) is 0 Å². The number of hydrogen-bond donors (Lipinski definition) is 0. The summed E-state index contributed by atoms with van der Waals surface area (Å²) in [4.78, 5) is 25.1. The zero-order valence-electron chi connectivity index (χ0n) is 24.7. The van der Waals surface area contributed by atoms with Gasteiger partial charge < -0.3 is 4.74 Å². The monoisotopic (exact) mass is 496 g/mol. The Morgan fingerprint density at radius 1 is 0.750 bits per heavy atom. The molecule has 8 unspecified atom stereocenters. The Kier molecular flexibility index (Phi) is 5.85. The van der Waals surface area contributed by atoms with E-state index in [9.17, 15) is 9.59 Å². The molecule has 5 aliphatic rings. The zero-order chi connectivity index (χ0) is 26.5. The minimum atomic E-state index is -0.200. The van der Waals surface area contributed by atoms with E-state index in [-0.39, 0.29) is 44.6 Å². The molecule has 4 saturated carbocycles. The number of esters is 1. The predicted octanol–water partition coefficient (Wildman–Crippen LogP) is 8.31. The molecule has 5 aliphatic carbocycles. The van der Waals surface area contributed by atoms with Crippen molar-refractivity contribution in [1.82, 2.24) is 0 Å². The van der Waals surface area contributed by atoms with Gasteiger partial charge in [-0.05, 0) is 111 Å². The van der Waals surface area contributed by atoms with Crippen LogP contribution >= 0.6 is 0 Å². The summed E-state index contributed by atoms with van der Waals surface area (Å²) >= 11 is 0. The lowest BCUT2D eigenvalue weighted by molar-refractivity contribution is -0.233. The zero-order valence-corrected chi connectivity index (χ0v) is 24.7. The third-order valence-electron chi connectivity index (χ3n) is 13.5. The number of carbonyl (C=O) groups excluding carboxylic acids is 2. The topological polar surface area (TPSA) is 43.4 Å². The van der Waals surface area contributed by atoms with Gasteiger partial charge in [-0.1, -0.05) is 60.1 Å². The molecule has 8 atom stereocenters. The first-order valence-corrected chi connectivity index (χ1v) is 15.0. The first kappa shape index (κ1) is 26.5. The lowest BCUT2D eigenvalue weighted by atomic mass is 9.32. The van der Waals surface area contributed by atoms with Crippen molar-refractivity contribution < 1.29 is 14.3 Å². The van der Waals surface area contributed by atoms with E-state index in [1.165, 1.54) is 37.7 Å². The van der Waals surface area contributed by atoms with Crippen LogP contribution in [-0.2, 0) is 14.3 Å². The summed E-state index contributed by atoms with van der Waals surface area (Å²) in [6.45, 7) is 20.8. The van der Waals surface area contributed by atoms with Crippen molar-refractivity contribution in [3.63, 3.8) is 0 Å². The summed E-state index contributed by atoms with van der Waals surface area (Å²) < 4.78 is 5.90. The average Bonchev–Trinajstić information content (AvgIpc) is 2.75. The van der Waals surface area contributed by atoms with Crippen molar-refractivity contribution in [2.75, 3.05) is 0 Å². The van der Waals surface area contributed by atoms with Crippen molar-refractivity contribution >= 4 is 11.8 Å². The number of ether oxygens (including phenoxy) is 1. The molecule has 0 spiro atoms. The highest BCUT2D eigenvalue weighted by atomic mass is 16.5. The fraction of sp³-hybridized carbons (Fsp3) is 0.879. The van der Waals surface area contributed by atoms with Gasteiger partial charge in [-0.25, -0.2) is 0 Å². The third-order valence-corrected chi connectivity index (χ3v) is 13.5. The van der Waals surface area contributed by atoms with Crippen LogP contribution in [0.1, 0.15) is 127 Å². The van der Waals surface area contributed by atoms with Gasteiger partial charge in [-0.2, -0.15) is 0 Å². The molecule has 0 saturated heterocycles. The van der Waals surface area contributed by atoms with Crippen molar-refractivity contribution in [2.45, 2.75) is 133 Å². The van der Waals surface area contributed by atoms with Gasteiger partial charge in [0.2, 0.25) is 0 Å². The van der Waals surface area contributed by atoms with Gasteiger partial charge in [0.1, 0.15) is 11.9 Å². The summed E-state index contributed by atoms with van der Waals surface area (Å²) in [5.41, 5.74) is 2.31. The number of carbonyl (C=O) groups is 2. The van der Waals surface area contributed by atoms with Crippen LogP contribution in [0.2, 0.25) is 0 Å². The summed E-state index contributed by atoms with van der Waals surface area (Å²) in [7, 11) is 0. The van der Waals surface area contributed by atoms with Gasteiger partial charge in [-0.3, -0.25) is 9.59 Å². The minimum absolute atomic E-state index is 0.00399. The fourth-order valence-electron chi connectivity index (χ4n) is 11.3. The number of hydrogen-bond acceptors (Lipinski definition) is 3. The van der Waals surface area contributed by atoms with E-state index in [1.54, 1.807) is 6.92 Å². The van der Waals surface area contributed by atoms with Crippen LogP contribution in [-0.4, -0.2) is 17.9 Å². The van der Waals surface area contributed by atoms with Crippen molar-refractivity contribution in [3.8, 4) is 0 Å². The van der Waals surface area contributed by atoms with E-state index >= 15 is 0 Å². The quantitative estimate of drug-likeness (QED) is 0.285. The molecule has 0 aromatic rings. The molecule has 36 heavy (non-hydrogen) atoms. The van der Waals surface area contributed by atoms with Crippen LogP contribution in [0.25, 0.3) is 0 Å². The van der Waals surface area contributed by atoms with Crippen LogP contribution in [0, 0.1) is 50.2 Å². The Morgan fingerprint density at radius 2 is 1.42 bits per heavy atom. The van der Waals surface area contributed by atoms with Crippen LogP contribution in [0.15, 0.2) is 11.6 Å². The molecule has 4 fully saturated rings. The molecule has 3 nitrogen and oxygen atoms in total. The Hall–Kier alpha value is -1.12. The molecule has 0 bridgehead atoms. The van der Waals surface area contributed by atoms with Crippen molar-refractivity contribution in [2.24, 2.45) is 50.2 Å². The van der Waals surface area contributed by atoms with Gasteiger partial charge >= 0.3 is 5.97 Å². The maximum absolute atomic E-state index is 13.2. The molecule has 0 aliphatic heterocycles. The second kappa shape index (κ2) is 7.95. The molecular formula is C33H52O3. The van der Waals surface area contributed by atoms with E-state index in [2.05, 4.69) is 54.5 Å². The standard InChI is InChI=1S/C33H52O3/c1-21(34)33-18-16-28(3,4)20-24(33)23-10-11-26-30(7)14-13-27(36-22(2)35)29(5,6)25(30)12-15-32(26,9)31(23,8)17-19-33/h20,23,25-27H,10-19H2,1-9H3. The summed E-state index contributed by atoms with van der Waals surface area (Å²) in [6.07, 6.45) is 14.1. The average molecular weight is 497 g/mol. The highest BCUT2D eigenvalue weighted by Gasteiger charge is 2.69. The van der Waals surface area contributed by atoms with Gasteiger partial charge in [0.15, 0.2) is 0 Å². The van der Waals surface area contributed by atoms with Gasteiger partial charge in [0.05, 0.1) is 0 Å². The van der Waals surface area contributed by atoms with Crippen molar-refractivity contribution in [1.29, 1.82) is 0 Å². The SMILES string of the molecule is CC(=O)OC1CCC2(C)C(CCC3(C)C2CCC2C4=CC(C)(C)CCC4(C(C)=O)CCC23C)C1(C)C. The van der Waals surface area contributed by atoms with E-state index in [1.807, 2.05) is 6.92 Å². The molecular weight excluding hydrogens is 444 g/mol. The first-order chi connectivity index (χ1) is 16.5. The van der Waals surface area contributed by atoms with Crippen molar-refractivity contribution in [3.05, 3.63) is 11.6 Å². The second-order valence-corrected chi connectivity index (χ2v) is 15.8. The van der Waals surface area contributed by atoms with Crippen LogP contribution in [0.5, 0.6) is 0 Å². The molecule has 0 aromatic carbocycles. The first-order valence-electron chi connectivity index (χ1n) is 15.0. The third kappa shape index (κ3) is 3.35. The number of fused-ring (bicyclic) bond motifs is 7. The van der Waals surface area contributed by atoms with Gasteiger partial charge in [0, 0.05) is 17.8 Å². The van der Waals surface area contributed by atoms with Gasteiger partial charge in [-0.15, -0.1) is 0 Å². The number of allylic oxidation sites excluding steroid dienone is 2. The molecule has 0 heterocycles. The minimum Gasteiger partial charge on any atom is -0.462 e. The second-order valence-electron chi connectivity index (χ2n) is 15.8. The van der Waals surface area contributed by atoms with Gasteiger partial charge in [0.25, 0.3) is 0 Å². The molecule has 0 radical (unpaired) electrons. The highest BCUT2D eigenvalue weighted by molar-refractivity contribution is 5.86. The van der Waals surface area contributed by atoms with E-state index in [0.717, 1.165) is 32.1 Å². The lowest BCUT2D eigenvalue weighted by Crippen LogP contribution is -2.66. The van der Waals surface area contributed by atoms with E-state index in [0.29, 0.717) is 23.5 Å². The van der Waals surface area contributed by atoms with E-state index in [4.69, 9.17) is 4.74 Å². The Bertz CT molecular complexity index is 989. The molecule has 0 N–H and O–H groups in total.